The first-order chi connectivity index (χ1) is 5.20. The van der Waals surface area contributed by atoms with Gasteiger partial charge in [-0.3, -0.25) is 0 Å². The highest BCUT2D eigenvalue weighted by Crippen LogP contribution is 2.32. The third-order valence-corrected chi connectivity index (χ3v) is 1.76. The van der Waals surface area contributed by atoms with Gasteiger partial charge in [-0.15, -0.1) is 0 Å². The van der Waals surface area contributed by atoms with Crippen molar-refractivity contribution in [1.82, 2.24) is 4.98 Å². The molecule has 1 rings (SSSR count). The Hall–Kier alpha value is -1.46. The van der Waals surface area contributed by atoms with E-state index >= 15 is 0 Å². The lowest BCUT2D eigenvalue weighted by molar-refractivity contribution is 1.36. The van der Waals surface area contributed by atoms with Crippen LogP contribution in [0.1, 0.15) is 5.56 Å². The second kappa shape index (κ2) is 2.65. The normalized spacial score (nSPS) is 8.64. The Labute approximate surface area is 71.6 Å². The van der Waals surface area contributed by atoms with E-state index in [9.17, 15) is 0 Å². The van der Waals surface area contributed by atoms with Crippen LogP contribution >= 0.6 is 15.9 Å². The molecule has 0 aromatic carbocycles. The second-order valence-electron chi connectivity index (χ2n) is 1.80. The maximum Gasteiger partial charge on any atom is 0.237 e. The molecule has 0 aliphatic carbocycles. The van der Waals surface area contributed by atoms with Crippen molar-refractivity contribution in [2.24, 2.45) is 0 Å². The maximum absolute atomic E-state index is 8.53. The van der Waals surface area contributed by atoms with Crippen molar-refractivity contribution in [2.45, 2.75) is 0 Å². The van der Waals surface area contributed by atoms with E-state index in [2.05, 4.69) is 25.8 Å². The molecule has 0 unspecified atom stereocenters. The Morgan fingerprint density at radius 3 is 2.73 bits per heavy atom. The van der Waals surface area contributed by atoms with Crippen LogP contribution in [0.5, 0.6) is 0 Å². The third-order valence-electron chi connectivity index (χ3n) is 1.18. The lowest BCUT2D eigenvalue weighted by Crippen LogP contribution is -1.85. The van der Waals surface area contributed by atoms with Gasteiger partial charge >= 0.3 is 0 Å². The van der Waals surface area contributed by atoms with E-state index < -0.39 is 0 Å². The quantitative estimate of drug-likeness (QED) is 0.642. The zero-order chi connectivity index (χ0) is 8.43. The molecule has 0 saturated carbocycles. The van der Waals surface area contributed by atoms with Crippen molar-refractivity contribution in [2.75, 3.05) is 5.73 Å². The molecule has 0 bridgehead atoms. The molecule has 1 aromatic rings. The van der Waals surface area contributed by atoms with Crippen molar-refractivity contribution in [3.8, 4) is 6.07 Å². The summed E-state index contributed by atoms with van der Waals surface area (Å²) in [5.41, 5.74) is 5.82. The van der Waals surface area contributed by atoms with Crippen LogP contribution in [0.2, 0.25) is 0 Å². The maximum atomic E-state index is 8.53. The predicted molar refractivity (Wildman–Crippen MR) is 43.9 cm³/mol. The predicted octanol–water partition coefficient (Wildman–Crippen LogP) is 1.78. The Bertz CT molecular complexity index is 331. The molecule has 3 N–H and O–H groups in total. The highest BCUT2D eigenvalue weighted by Gasteiger charge is 2.12. The summed E-state index contributed by atoms with van der Waals surface area (Å²) in [6, 6.07) is 1.84. The zero-order valence-corrected chi connectivity index (χ0v) is 6.94. The number of hydrogen-bond donors (Lipinski definition) is 2. The molecule has 0 amide bonds. The summed E-state index contributed by atoms with van der Waals surface area (Å²) in [5.74, 6) is 0.227. The number of halogens is 1. The minimum atomic E-state index is 0.201. The molecule has 1 aromatic heterocycles. The lowest BCUT2D eigenvalue weighted by Gasteiger charge is -1.82. The Morgan fingerprint density at radius 1 is 1.73 bits per heavy atom. The molecule has 0 atom stereocenters. The Morgan fingerprint density at radius 2 is 2.36 bits per heavy atom. The number of H-pyrrole nitrogens is 1. The largest absolute Gasteiger partial charge is 0.385 e. The SMILES string of the molecule is [C-]#[N+]c1c(Br)[nH]c(N)c1C#N. The fourth-order valence-corrected chi connectivity index (χ4v) is 1.20. The molecule has 4 nitrogen and oxygen atoms in total. The third kappa shape index (κ3) is 1.06. The minimum Gasteiger partial charge on any atom is -0.385 e. The first kappa shape index (κ1) is 7.64. The van der Waals surface area contributed by atoms with Gasteiger partial charge in [0.1, 0.15) is 11.4 Å². The fourth-order valence-electron chi connectivity index (χ4n) is 0.695. The number of aromatic amines is 1. The minimum absolute atomic E-state index is 0.201. The van der Waals surface area contributed by atoms with E-state index in [-0.39, 0.29) is 17.1 Å². The van der Waals surface area contributed by atoms with Crippen LogP contribution in [-0.2, 0) is 0 Å². The van der Waals surface area contributed by atoms with E-state index in [4.69, 9.17) is 17.6 Å². The van der Waals surface area contributed by atoms with E-state index in [0.29, 0.717) is 4.60 Å². The van der Waals surface area contributed by atoms with Crippen LogP contribution in [0.25, 0.3) is 4.85 Å². The number of hydrogen-bond acceptors (Lipinski definition) is 2. The topological polar surface area (TPSA) is 70.0 Å². The Kier molecular flexibility index (Phi) is 1.84. The fraction of sp³-hybridized carbons (Fsp3) is 0. The number of anilines is 1. The molecule has 0 radical (unpaired) electrons. The molecule has 0 aliphatic heterocycles. The summed E-state index contributed by atoms with van der Waals surface area (Å²) in [6.45, 7) is 6.71. The number of nitrogen functional groups attached to an aromatic ring is 1. The molecular formula is C6H3BrN4. The van der Waals surface area contributed by atoms with E-state index in [1.54, 1.807) is 0 Å². The van der Waals surface area contributed by atoms with Crippen LogP contribution in [0.3, 0.4) is 0 Å². The van der Waals surface area contributed by atoms with Gasteiger partial charge < -0.3 is 10.7 Å². The average Bonchev–Trinajstić information content (AvgIpc) is 2.24. The van der Waals surface area contributed by atoms with Gasteiger partial charge in [0.15, 0.2) is 0 Å². The molecule has 0 aliphatic rings. The Balaban J connectivity index is 3.47. The molecular weight excluding hydrogens is 208 g/mol. The molecule has 0 saturated heterocycles. The van der Waals surface area contributed by atoms with Gasteiger partial charge in [0.25, 0.3) is 0 Å². The smallest absolute Gasteiger partial charge is 0.237 e. The number of nitriles is 1. The summed E-state index contributed by atoms with van der Waals surface area (Å²) in [4.78, 5) is 5.77. The summed E-state index contributed by atoms with van der Waals surface area (Å²) in [5, 5.41) is 8.53. The van der Waals surface area contributed by atoms with Crippen LogP contribution in [-0.4, -0.2) is 4.98 Å². The van der Waals surface area contributed by atoms with Crippen LogP contribution in [0.15, 0.2) is 4.60 Å². The number of nitrogens with zero attached hydrogens (tertiary/aromatic N) is 2. The molecule has 5 heteroatoms. The average molecular weight is 211 g/mol. The highest BCUT2D eigenvalue weighted by atomic mass is 79.9. The van der Waals surface area contributed by atoms with E-state index in [1.165, 1.54) is 0 Å². The van der Waals surface area contributed by atoms with Gasteiger partial charge in [0, 0.05) is 0 Å². The van der Waals surface area contributed by atoms with Crippen molar-refractivity contribution in [1.29, 1.82) is 5.26 Å². The molecule has 1 heterocycles. The number of nitrogens with two attached hydrogens (primary N) is 1. The summed E-state index contributed by atoms with van der Waals surface area (Å²) < 4.78 is 0.460. The van der Waals surface area contributed by atoms with Crippen molar-refractivity contribution in [3.63, 3.8) is 0 Å². The van der Waals surface area contributed by atoms with Crippen molar-refractivity contribution in [3.05, 3.63) is 21.6 Å². The molecule has 54 valence electrons. The van der Waals surface area contributed by atoms with Crippen LogP contribution in [0, 0.1) is 17.9 Å². The van der Waals surface area contributed by atoms with Crippen LogP contribution < -0.4 is 5.73 Å². The van der Waals surface area contributed by atoms with Crippen molar-refractivity contribution >= 4 is 27.4 Å². The summed E-state index contributed by atoms with van der Waals surface area (Å²) >= 11 is 3.07. The number of aromatic nitrogens is 1. The van der Waals surface area contributed by atoms with E-state index in [0.717, 1.165) is 0 Å². The van der Waals surface area contributed by atoms with Gasteiger partial charge in [0.05, 0.1) is 17.2 Å². The first-order valence-electron chi connectivity index (χ1n) is 2.65. The zero-order valence-electron chi connectivity index (χ0n) is 5.35. The molecule has 11 heavy (non-hydrogen) atoms. The first-order valence-corrected chi connectivity index (χ1v) is 3.44. The number of rotatable bonds is 0. The van der Waals surface area contributed by atoms with Gasteiger partial charge in [0.2, 0.25) is 5.69 Å². The van der Waals surface area contributed by atoms with Gasteiger partial charge in [-0.25, -0.2) is 4.85 Å². The van der Waals surface area contributed by atoms with Gasteiger partial charge in [-0.1, -0.05) is 0 Å². The van der Waals surface area contributed by atoms with E-state index in [1.807, 2.05) is 6.07 Å². The van der Waals surface area contributed by atoms with Crippen molar-refractivity contribution < 1.29 is 0 Å². The molecule has 0 fully saturated rings. The molecule has 0 spiro atoms. The van der Waals surface area contributed by atoms with Gasteiger partial charge in [-0.05, 0) is 15.9 Å². The summed E-state index contributed by atoms with van der Waals surface area (Å²) in [6.07, 6.45) is 0. The van der Waals surface area contributed by atoms with Gasteiger partial charge in [-0.2, -0.15) is 5.26 Å². The number of nitrogens with one attached hydrogen (secondary N) is 1. The lowest BCUT2D eigenvalue weighted by atomic mass is 10.3. The second-order valence-corrected chi connectivity index (χ2v) is 2.59. The monoisotopic (exact) mass is 210 g/mol. The highest BCUT2D eigenvalue weighted by molar-refractivity contribution is 9.10. The summed E-state index contributed by atoms with van der Waals surface area (Å²) in [7, 11) is 0. The standard InChI is InChI=1S/C6H3BrN4/c1-10-4-3(2-8)6(9)11-5(4)7/h11H,9H2. The van der Waals surface area contributed by atoms with Crippen LogP contribution in [0.4, 0.5) is 11.5 Å².